The van der Waals surface area contributed by atoms with Crippen molar-refractivity contribution in [3.05, 3.63) is 41.5 Å². The fraction of sp³-hybridized carbons (Fsp3) is 0.435. The van der Waals surface area contributed by atoms with Crippen LogP contribution in [0.25, 0.3) is 11.0 Å². The van der Waals surface area contributed by atoms with Gasteiger partial charge >= 0.3 is 5.97 Å². The van der Waals surface area contributed by atoms with Crippen LogP contribution in [0.4, 0.5) is 0 Å². The Labute approximate surface area is 203 Å². The largest absolute Gasteiger partial charge is 0.490 e. The molecule has 0 radical (unpaired) electrons. The monoisotopic (exact) mass is 507 g/mol. The highest BCUT2D eigenvalue weighted by molar-refractivity contribution is 7.89. The molecular formula is C23H29N3O8S. The number of hydrogen-bond acceptors (Lipinski definition) is 9. The lowest BCUT2D eigenvalue weighted by molar-refractivity contribution is -0.143. The zero-order valence-corrected chi connectivity index (χ0v) is 20.9. The average Bonchev–Trinajstić information content (AvgIpc) is 3.43. The number of hydrogen-bond donors (Lipinski definition) is 2. The van der Waals surface area contributed by atoms with Gasteiger partial charge in [0.25, 0.3) is 5.91 Å². The maximum absolute atomic E-state index is 12.8. The van der Waals surface area contributed by atoms with Crippen molar-refractivity contribution < 1.29 is 36.4 Å². The number of esters is 1. The van der Waals surface area contributed by atoms with E-state index in [1.54, 1.807) is 33.8 Å². The van der Waals surface area contributed by atoms with Crippen LogP contribution in [0.2, 0.25) is 0 Å². The molecule has 2 N–H and O–H groups in total. The van der Waals surface area contributed by atoms with Gasteiger partial charge in [-0.15, -0.1) is 0 Å². The number of carbonyl (C=O) groups excluding carboxylic acids is 2. The summed E-state index contributed by atoms with van der Waals surface area (Å²) in [6.07, 6.45) is 1.92. The third-order valence-electron chi connectivity index (χ3n) is 5.11. The van der Waals surface area contributed by atoms with E-state index in [0.29, 0.717) is 35.7 Å². The molecule has 12 heteroatoms. The van der Waals surface area contributed by atoms with Gasteiger partial charge in [0.2, 0.25) is 10.0 Å². The number of fused-ring (bicyclic) bond motifs is 1. The van der Waals surface area contributed by atoms with E-state index in [9.17, 15) is 18.0 Å². The van der Waals surface area contributed by atoms with Crippen molar-refractivity contribution in [2.24, 2.45) is 0 Å². The van der Waals surface area contributed by atoms with Crippen molar-refractivity contribution in [2.45, 2.75) is 51.5 Å². The fourth-order valence-electron chi connectivity index (χ4n) is 3.42. The molecule has 1 atom stereocenters. The van der Waals surface area contributed by atoms with Crippen molar-refractivity contribution in [3.8, 4) is 5.75 Å². The molecule has 0 bridgehead atoms. The summed E-state index contributed by atoms with van der Waals surface area (Å²) < 4.78 is 49.6. The maximum Gasteiger partial charge on any atom is 0.305 e. The number of benzene rings is 1. The third-order valence-corrected chi connectivity index (χ3v) is 6.71. The SMILES string of the molecule is CCNS(=O)(=O)c1ccc(OCCCC(=O)OCC)c2oc(C(C)NC(=O)c3cnoc3C)cc12. The molecule has 0 saturated heterocycles. The van der Waals surface area contributed by atoms with Gasteiger partial charge in [-0.3, -0.25) is 9.59 Å². The Morgan fingerprint density at radius 3 is 2.66 bits per heavy atom. The molecule has 0 saturated carbocycles. The third kappa shape index (κ3) is 6.20. The summed E-state index contributed by atoms with van der Waals surface area (Å²) in [7, 11) is -3.81. The minimum atomic E-state index is -3.81. The van der Waals surface area contributed by atoms with Gasteiger partial charge < -0.3 is 23.7 Å². The minimum Gasteiger partial charge on any atom is -0.490 e. The van der Waals surface area contributed by atoms with Crippen LogP contribution in [0.5, 0.6) is 5.75 Å². The molecule has 3 aromatic rings. The molecule has 1 amide bonds. The summed E-state index contributed by atoms with van der Waals surface area (Å²) in [6, 6.07) is 3.91. The number of furan rings is 1. The second kappa shape index (κ2) is 11.4. The van der Waals surface area contributed by atoms with Crippen LogP contribution in [0.15, 0.2) is 38.2 Å². The van der Waals surface area contributed by atoms with Crippen molar-refractivity contribution in [2.75, 3.05) is 19.8 Å². The van der Waals surface area contributed by atoms with E-state index in [-0.39, 0.29) is 41.6 Å². The highest BCUT2D eigenvalue weighted by Gasteiger charge is 2.25. The van der Waals surface area contributed by atoms with Gasteiger partial charge in [0.05, 0.1) is 30.3 Å². The van der Waals surface area contributed by atoms with Crippen LogP contribution >= 0.6 is 0 Å². The van der Waals surface area contributed by atoms with E-state index >= 15 is 0 Å². The summed E-state index contributed by atoms with van der Waals surface area (Å²) in [5, 5.41) is 6.70. The number of nitrogens with zero attached hydrogens (tertiary/aromatic N) is 1. The normalized spacial score (nSPS) is 12.5. The van der Waals surface area contributed by atoms with Gasteiger partial charge in [-0.1, -0.05) is 12.1 Å². The molecule has 3 rings (SSSR count). The van der Waals surface area contributed by atoms with Crippen molar-refractivity contribution in [1.29, 1.82) is 0 Å². The van der Waals surface area contributed by atoms with Crippen LogP contribution < -0.4 is 14.8 Å². The van der Waals surface area contributed by atoms with E-state index in [1.165, 1.54) is 18.3 Å². The predicted molar refractivity (Wildman–Crippen MR) is 126 cm³/mol. The predicted octanol–water partition coefficient (Wildman–Crippen LogP) is 3.24. The number of rotatable bonds is 12. The Balaban J connectivity index is 1.89. The van der Waals surface area contributed by atoms with E-state index in [4.69, 9.17) is 18.4 Å². The van der Waals surface area contributed by atoms with Gasteiger partial charge in [-0.25, -0.2) is 13.1 Å². The van der Waals surface area contributed by atoms with Gasteiger partial charge in [0, 0.05) is 18.4 Å². The lowest BCUT2D eigenvalue weighted by Gasteiger charge is -2.11. The smallest absolute Gasteiger partial charge is 0.305 e. The van der Waals surface area contributed by atoms with Crippen molar-refractivity contribution in [1.82, 2.24) is 15.2 Å². The molecule has 190 valence electrons. The molecule has 2 heterocycles. The second-order valence-electron chi connectivity index (χ2n) is 7.70. The van der Waals surface area contributed by atoms with Crippen LogP contribution in [0, 0.1) is 6.92 Å². The topological polar surface area (TPSA) is 150 Å². The van der Waals surface area contributed by atoms with Gasteiger partial charge in [-0.05, 0) is 45.4 Å². The Bertz CT molecular complexity index is 1300. The van der Waals surface area contributed by atoms with E-state index in [1.807, 2.05) is 0 Å². The Kier molecular flexibility index (Phi) is 8.52. The van der Waals surface area contributed by atoms with Gasteiger partial charge in [-0.2, -0.15) is 0 Å². The zero-order chi connectivity index (χ0) is 25.6. The number of ether oxygens (including phenoxy) is 2. The Morgan fingerprint density at radius 2 is 2.00 bits per heavy atom. The highest BCUT2D eigenvalue weighted by atomic mass is 32.2. The molecular weight excluding hydrogens is 478 g/mol. The van der Waals surface area contributed by atoms with E-state index in [0.717, 1.165) is 0 Å². The van der Waals surface area contributed by atoms with Gasteiger partial charge in [0.1, 0.15) is 17.1 Å². The molecule has 0 aliphatic heterocycles. The molecule has 0 aliphatic rings. The number of aromatic nitrogens is 1. The number of aryl methyl sites for hydroxylation is 1. The molecule has 0 fully saturated rings. The first kappa shape index (κ1) is 26.2. The number of carbonyl (C=O) groups is 2. The fourth-order valence-corrected chi connectivity index (χ4v) is 4.64. The lowest BCUT2D eigenvalue weighted by Crippen LogP contribution is -2.26. The van der Waals surface area contributed by atoms with Crippen LogP contribution in [-0.4, -0.2) is 45.2 Å². The maximum atomic E-state index is 12.8. The van der Waals surface area contributed by atoms with Crippen LogP contribution in [0.3, 0.4) is 0 Å². The summed E-state index contributed by atoms with van der Waals surface area (Å²) in [4.78, 5) is 24.1. The van der Waals surface area contributed by atoms with Gasteiger partial charge in [0.15, 0.2) is 11.3 Å². The first-order valence-corrected chi connectivity index (χ1v) is 12.7. The summed E-state index contributed by atoms with van der Waals surface area (Å²) >= 11 is 0. The molecule has 11 nitrogen and oxygen atoms in total. The lowest BCUT2D eigenvalue weighted by atomic mass is 10.2. The first-order chi connectivity index (χ1) is 16.7. The summed E-state index contributed by atoms with van der Waals surface area (Å²) in [5.41, 5.74) is 0.506. The highest BCUT2D eigenvalue weighted by Crippen LogP contribution is 2.36. The van der Waals surface area contributed by atoms with Crippen molar-refractivity contribution >= 4 is 32.9 Å². The molecule has 0 aliphatic carbocycles. The summed E-state index contributed by atoms with van der Waals surface area (Å²) in [5.74, 6) is 0.294. The minimum absolute atomic E-state index is 0.0247. The van der Waals surface area contributed by atoms with Crippen LogP contribution in [0.1, 0.15) is 61.5 Å². The van der Waals surface area contributed by atoms with E-state index < -0.39 is 22.0 Å². The number of nitrogens with one attached hydrogen (secondary N) is 2. The number of amides is 1. The van der Waals surface area contributed by atoms with E-state index in [2.05, 4.69) is 15.2 Å². The molecule has 35 heavy (non-hydrogen) atoms. The Hall–Kier alpha value is -3.38. The molecule has 1 unspecified atom stereocenters. The second-order valence-corrected chi connectivity index (χ2v) is 9.44. The molecule has 0 spiro atoms. The van der Waals surface area contributed by atoms with Crippen molar-refractivity contribution in [3.63, 3.8) is 0 Å². The zero-order valence-electron chi connectivity index (χ0n) is 20.0. The molecule has 2 aromatic heterocycles. The molecule has 1 aromatic carbocycles. The summed E-state index contributed by atoms with van der Waals surface area (Å²) in [6.45, 7) is 7.46. The quantitative estimate of drug-likeness (QED) is 0.278. The Morgan fingerprint density at radius 1 is 1.23 bits per heavy atom. The number of sulfonamides is 1. The van der Waals surface area contributed by atoms with Crippen LogP contribution in [-0.2, 0) is 19.6 Å². The average molecular weight is 508 g/mol. The first-order valence-electron chi connectivity index (χ1n) is 11.2. The standard InChI is InChI=1S/C23H29N3O8S/c1-5-25-35(29,30)20-10-9-18(32-11-7-8-21(27)31-6-2)22-16(20)12-19(33-22)14(3)26-23(28)17-13-24-34-15(17)4/h9-10,12-14,25H,5-8,11H2,1-4H3,(H,26,28).